The highest BCUT2D eigenvalue weighted by molar-refractivity contribution is 6.18. The van der Waals surface area contributed by atoms with Gasteiger partial charge in [-0.3, -0.25) is 4.79 Å². The molecule has 2 aliphatic rings. The van der Waals surface area contributed by atoms with Crippen LogP contribution >= 0.6 is 11.6 Å². The lowest BCUT2D eigenvalue weighted by Gasteiger charge is -2.22. The Morgan fingerprint density at radius 1 is 1.06 bits per heavy atom. The van der Waals surface area contributed by atoms with Gasteiger partial charge in [-0.2, -0.15) is 0 Å². The summed E-state index contributed by atoms with van der Waals surface area (Å²) < 4.78 is 0. The highest BCUT2D eigenvalue weighted by Gasteiger charge is 2.27. The molecule has 0 saturated heterocycles. The smallest absolute Gasteiger partial charge is 0.220 e. The van der Waals surface area contributed by atoms with E-state index in [-0.39, 0.29) is 5.91 Å². The maximum Gasteiger partial charge on any atom is 0.220 e. The van der Waals surface area contributed by atoms with Crippen molar-refractivity contribution >= 4 is 17.5 Å². The van der Waals surface area contributed by atoms with Crippen molar-refractivity contribution in [1.82, 2.24) is 5.32 Å². The first-order valence-corrected chi connectivity index (χ1v) is 8.18. The van der Waals surface area contributed by atoms with Crippen LogP contribution in [0.15, 0.2) is 0 Å². The summed E-state index contributed by atoms with van der Waals surface area (Å²) in [5.74, 6) is 2.25. The van der Waals surface area contributed by atoms with Crippen molar-refractivity contribution in [1.29, 1.82) is 0 Å². The van der Waals surface area contributed by atoms with E-state index < -0.39 is 0 Å². The average Bonchev–Trinajstić information content (AvgIpc) is 2.85. The molecule has 0 aromatic carbocycles. The third-order valence-corrected chi connectivity index (χ3v) is 5.10. The van der Waals surface area contributed by atoms with E-state index >= 15 is 0 Å². The molecule has 0 heterocycles. The second-order valence-electron chi connectivity index (χ2n) is 6.06. The molecule has 0 aromatic rings. The van der Waals surface area contributed by atoms with Gasteiger partial charge < -0.3 is 5.32 Å². The third-order valence-electron chi connectivity index (χ3n) is 4.71. The number of hydrogen-bond donors (Lipinski definition) is 1. The van der Waals surface area contributed by atoms with E-state index in [1.165, 1.54) is 44.9 Å². The van der Waals surface area contributed by atoms with Crippen LogP contribution in [0.25, 0.3) is 0 Å². The second-order valence-corrected chi connectivity index (χ2v) is 6.37. The molecule has 2 rings (SSSR count). The van der Waals surface area contributed by atoms with E-state index in [1.807, 2.05) is 0 Å². The molecule has 3 heteroatoms. The lowest BCUT2D eigenvalue weighted by Crippen LogP contribution is -2.38. The molecule has 18 heavy (non-hydrogen) atoms. The summed E-state index contributed by atoms with van der Waals surface area (Å²) in [6.07, 6.45) is 12.1. The zero-order chi connectivity index (χ0) is 12.8. The maximum atomic E-state index is 11.9. The molecule has 0 bridgehead atoms. The van der Waals surface area contributed by atoms with Crippen LogP contribution < -0.4 is 5.32 Å². The topological polar surface area (TPSA) is 29.1 Å². The standard InChI is InChI=1S/C15H26ClNO/c16-11-13-7-4-8-14(13)17-15(18)10-9-12-5-2-1-3-6-12/h12-14H,1-11H2,(H,17,18). The average molecular weight is 272 g/mol. The molecule has 0 aliphatic heterocycles. The van der Waals surface area contributed by atoms with E-state index in [2.05, 4.69) is 5.32 Å². The summed E-state index contributed by atoms with van der Waals surface area (Å²) in [7, 11) is 0. The Morgan fingerprint density at radius 2 is 1.83 bits per heavy atom. The first-order valence-electron chi connectivity index (χ1n) is 7.65. The van der Waals surface area contributed by atoms with Crippen molar-refractivity contribution in [3.8, 4) is 0 Å². The molecule has 2 saturated carbocycles. The predicted octanol–water partition coefficient (Wildman–Crippen LogP) is 3.87. The minimum absolute atomic E-state index is 0.252. The summed E-state index contributed by atoms with van der Waals surface area (Å²) in [5.41, 5.74) is 0. The van der Waals surface area contributed by atoms with Crippen molar-refractivity contribution in [3.63, 3.8) is 0 Å². The Morgan fingerprint density at radius 3 is 2.56 bits per heavy atom. The summed E-state index contributed by atoms with van der Waals surface area (Å²) in [6, 6.07) is 0.348. The Labute approximate surface area is 116 Å². The molecular weight excluding hydrogens is 246 g/mol. The van der Waals surface area contributed by atoms with Gasteiger partial charge in [-0.25, -0.2) is 0 Å². The third kappa shape index (κ3) is 4.15. The largest absolute Gasteiger partial charge is 0.353 e. The molecule has 2 aliphatic carbocycles. The van der Waals surface area contributed by atoms with Gasteiger partial charge in [-0.1, -0.05) is 38.5 Å². The van der Waals surface area contributed by atoms with Gasteiger partial charge in [0, 0.05) is 18.3 Å². The van der Waals surface area contributed by atoms with Gasteiger partial charge in [0.05, 0.1) is 0 Å². The quantitative estimate of drug-likeness (QED) is 0.756. The summed E-state index contributed by atoms with van der Waals surface area (Å²) in [5, 5.41) is 3.20. The fourth-order valence-corrected chi connectivity index (χ4v) is 3.87. The zero-order valence-electron chi connectivity index (χ0n) is 11.3. The molecule has 2 fully saturated rings. The van der Waals surface area contributed by atoms with E-state index in [0.717, 1.165) is 25.2 Å². The Bertz CT molecular complexity index is 263. The SMILES string of the molecule is O=C(CCC1CCCCC1)NC1CCCC1CCl. The fourth-order valence-electron chi connectivity index (χ4n) is 3.50. The monoisotopic (exact) mass is 271 g/mol. The van der Waals surface area contributed by atoms with Crippen LogP contribution in [0.1, 0.15) is 64.2 Å². The van der Waals surface area contributed by atoms with Crippen molar-refractivity contribution in [2.45, 2.75) is 70.3 Å². The van der Waals surface area contributed by atoms with Gasteiger partial charge >= 0.3 is 0 Å². The van der Waals surface area contributed by atoms with Gasteiger partial charge in [0.2, 0.25) is 5.91 Å². The molecule has 2 unspecified atom stereocenters. The number of alkyl halides is 1. The van der Waals surface area contributed by atoms with Crippen molar-refractivity contribution in [2.24, 2.45) is 11.8 Å². The molecule has 2 nitrogen and oxygen atoms in total. The number of rotatable bonds is 5. The van der Waals surface area contributed by atoms with E-state index in [1.54, 1.807) is 0 Å². The van der Waals surface area contributed by atoms with Crippen LogP contribution in [0.3, 0.4) is 0 Å². The van der Waals surface area contributed by atoms with Gasteiger partial charge in [-0.05, 0) is 31.1 Å². The van der Waals surface area contributed by atoms with Crippen LogP contribution in [0.4, 0.5) is 0 Å². The highest BCUT2D eigenvalue weighted by atomic mass is 35.5. The van der Waals surface area contributed by atoms with E-state index in [9.17, 15) is 4.79 Å². The van der Waals surface area contributed by atoms with Gasteiger partial charge in [0.25, 0.3) is 0 Å². The number of halogens is 1. The lowest BCUT2D eigenvalue weighted by atomic mass is 9.86. The minimum atomic E-state index is 0.252. The molecule has 0 spiro atoms. The van der Waals surface area contributed by atoms with Crippen molar-refractivity contribution in [2.75, 3.05) is 5.88 Å². The minimum Gasteiger partial charge on any atom is -0.353 e. The first-order chi connectivity index (χ1) is 8.79. The molecular formula is C15H26ClNO. The zero-order valence-corrected chi connectivity index (χ0v) is 12.1. The number of amides is 1. The normalized spacial score (nSPS) is 29.4. The molecule has 0 aromatic heterocycles. The van der Waals surface area contributed by atoms with Gasteiger partial charge in [-0.15, -0.1) is 11.6 Å². The summed E-state index contributed by atoms with van der Waals surface area (Å²) in [6.45, 7) is 0. The first kappa shape index (κ1) is 14.2. The van der Waals surface area contributed by atoms with Crippen molar-refractivity contribution < 1.29 is 4.79 Å². The van der Waals surface area contributed by atoms with Crippen LogP contribution in [0.5, 0.6) is 0 Å². The molecule has 1 N–H and O–H groups in total. The van der Waals surface area contributed by atoms with E-state index in [0.29, 0.717) is 17.8 Å². The number of hydrogen-bond acceptors (Lipinski definition) is 1. The predicted molar refractivity (Wildman–Crippen MR) is 75.8 cm³/mol. The van der Waals surface area contributed by atoms with E-state index in [4.69, 9.17) is 11.6 Å². The summed E-state index contributed by atoms with van der Waals surface area (Å²) in [4.78, 5) is 11.9. The van der Waals surface area contributed by atoms with Crippen LogP contribution in [0.2, 0.25) is 0 Å². The lowest BCUT2D eigenvalue weighted by molar-refractivity contribution is -0.122. The van der Waals surface area contributed by atoms with Gasteiger partial charge in [0.15, 0.2) is 0 Å². The molecule has 0 radical (unpaired) electrons. The molecule has 104 valence electrons. The number of carbonyl (C=O) groups excluding carboxylic acids is 1. The Balaban J connectivity index is 1.65. The number of carbonyl (C=O) groups is 1. The maximum absolute atomic E-state index is 11.9. The van der Waals surface area contributed by atoms with Gasteiger partial charge in [0.1, 0.15) is 0 Å². The Kier molecular flexibility index (Phi) is 5.81. The van der Waals surface area contributed by atoms with Crippen LogP contribution in [-0.4, -0.2) is 17.8 Å². The second kappa shape index (κ2) is 7.37. The van der Waals surface area contributed by atoms with Crippen LogP contribution in [-0.2, 0) is 4.79 Å². The Hall–Kier alpha value is -0.240. The van der Waals surface area contributed by atoms with Crippen LogP contribution in [0, 0.1) is 11.8 Å². The summed E-state index contributed by atoms with van der Waals surface area (Å²) >= 11 is 5.93. The fraction of sp³-hybridized carbons (Fsp3) is 0.933. The number of nitrogens with one attached hydrogen (secondary N) is 1. The molecule has 1 amide bonds. The van der Waals surface area contributed by atoms with Crippen molar-refractivity contribution in [3.05, 3.63) is 0 Å². The highest BCUT2D eigenvalue weighted by Crippen LogP contribution is 2.28. The molecule has 2 atom stereocenters.